The highest BCUT2D eigenvalue weighted by atomic mass is 16.5. The summed E-state index contributed by atoms with van der Waals surface area (Å²) in [4.78, 5) is 38.6. The average molecular weight is 300 g/mol. The second kappa shape index (κ2) is 6.78. The van der Waals surface area contributed by atoms with E-state index in [4.69, 9.17) is 4.74 Å². The van der Waals surface area contributed by atoms with Crippen LogP contribution in [-0.2, 0) is 14.3 Å². The smallest absolute Gasteiger partial charge is 0.329 e. The first kappa shape index (κ1) is 17.3. The van der Waals surface area contributed by atoms with E-state index in [0.29, 0.717) is 19.4 Å². The number of amides is 2. The van der Waals surface area contributed by atoms with Crippen LogP contribution in [0.4, 0.5) is 4.79 Å². The zero-order chi connectivity index (χ0) is 16.2. The Balaban J connectivity index is 2.94. The zero-order valence-corrected chi connectivity index (χ0v) is 13.1. The number of rotatable bonds is 5. The standard InChI is InChI=1S/C14H24N2O5/c1-5-16(14(3,4)12(18)19)13(20)15-9-7-8-10(15)11(17)21-6-2/h10H,5-9H2,1-4H3,(H,18,19). The molecule has 1 atom stereocenters. The average Bonchev–Trinajstić information content (AvgIpc) is 2.88. The van der Waals surface area contributed by atoms with Crippen molar-refractivity contribution < 1.29 is 24.2 Å². The number of urea groups is 1. The zero-order valence-electron chi connectivity index (χ0n) is 13.1. The second-order valence-electron chi connectivity index (χ2n) is 5.49. The summed E-state index contributed by atoms with van der Waals surface area (Å²) in [6.45, 7) is 7.34. The molecule has 0 aliphatic carbocycles. The molecule has 7 heteroatoms. The van der Waals surface area contributed by atoms with Gasteiger partial charge in [-0.15, -0.1) is 0 Å². The van der Waals surface area contributed by atoms with Gasteiger partial charge < -0.3 is 19.6 Å². The van der Waals surface area contributed by atoms with E-state index < -0.39 is 29.6 Å². The van der Waals surface area contributed by atoms with Crippen molar-refractivity contribution in [2.75, 3.05) is 19.7 Å². The van der Waals surface area contributed by atoms with E-state index in [2.05, 4.69) is 0 Å². The largest absolute Gasteiger partial charge is 0.480 e. The predicted octanol–water partition coefficient (Wildman–Crippen LogP) is 1.32. The first-order chi connectivity index (χ1) is 9.77. The summed E-state index contributed by atoms with van der Waals surface area (Å²) < 4.78 is 4.98. The molecule has 21 heavy (non-hydrogen) atoms. The molecule has 0 spiro atoms. The van der Waals surface area contributed by atoms with Crippen LogP contribution in [0, 0.1) is 0 Å². The van der Waals surface area contributed by atoms with Crippen molar-refractivity contribution in [2.45, 2.75) is 52.1 Å². The summed E-state index contributed by atoms with van der Waals surface area (Å²) in [6, 6.07) is -1.04. The molecule has 2 amide bonds. The fourth-order valence-corrected chi connectivity index (χ4v) is 2.52. The number of aliphatic carboxylic acids is 1. The lowest BCUT2D eigenvalue weighted by atomic mass is 10.0. The molecule has 1 N–H and O–H groups in total. The molecule has 1 unspecified atom stereocenters. The van der Waals surface area contributed by atoms with Crippen molar-refractivity contribution in [1.82, 2.24) is 9.80 Å². The Kier molecular flexibility index (Phi) is 5.57. The van der Waals surface area contributed by atoms with Crippen LogP contribution in [-0.4, -0.2) is 64.2 Å². The van der Waals surface area contributed by atoms with E-state index in [1.54, 1.807) is 13.8 Å². The molecule has 0 aromatic carbocycles. The van der Waals surface area contributed by atoms with Crippen molar-refractivity contribution >= 4 is 18.0 Å². The summed E-state index contributed by atoms with van der Waals surface area (Å²) in [5.74, 6) is -1.50. The first-order valence-electron chi connectivity index (χ1n) is 7.25. The highest BCUT2D eigenvalue weighted by Crippen LogP contribution is 2.24. The highest BCUT2D eigenvalue weighted by Gasteiger charge is 2.43. The fourth-order valence-electron chi connectivity index (χ4n) is 2.52. The maximum Gasteiger partial charge on any atom is 0.329 e. The molecule has 0 radical (unpaired) electrons. The third-order valence-electron chi connectivity index (χ3n) is 3.80. The molecule has 1 heterocycles. The number of carbonyl (C=O) groups is 3. The van der Waals surface area contributed by atoms with Crippen LogP contribution in [0.1, 0.15) is 40.5 Å². The third-order valence-corrected chi connectivity index (χ3v) is 3.80. The Morgan fingerprint density at radius 3 is 2.43 bits per heavy atom. The van der Waals surface area contributed by atoms with Crippen LogP contribution in [0.25, 0.3) is 0 Å². The maximum atomic E-state index is 12.6. The van der Waals surface area contributed by atoms with Gasteiger partial charge in [-0.1, -0.05) is 0 Å². The van der Waals surface area contributed by atoms with Gasteiger partial charge in [0.25, 0.3) is 0 Å². The first-order valence-corrected chi connectivity index (χ1v) is 7.25. The lowest BCUT2D eigenvalue weighted by Gasteiger charge is -2.38. The number of hydrogen-bond donors (Lipinski definition) is 1. The molecular weight excluding hydrogens is 276 g/mol. The number of carboxylic acid groups (broad SMARTS) is 1. The van der Waals surface area contributed by atoms with E-state index in [1.165, 1.54) is 23.6 Å². The van der Waals surface area contributed by atoms with Gasteiger partial charge in [0.15, 0.2) is 0 Å². The minimum atomic E-state index is -1.33. The van der Waals surface area contributed by atoms with E-state index in [0.717, 1.165) is 0 Å². The van der Waals surface area contributed by atoms with Crippen LogP contribution in [0.3, 0.4) is 0 Å². The normalized spacial score (nSPS) is 18.5. The minimum Gasteiger partial charge on any atom is -0.480 e. The topological polar surface area (TPSA) is 87.2 Å². The Morgan fingerprint density at radius 2 is 1.95 bits per heavy atom. The predicted molar refractivity (Wildman–Crippen MR) is 75.9 cm³/mol. The molecule has 7 nitrogen and oxygen atoms in total. The molecule has 1 fully saturated rings. The summed E-state index contributed by atoms with van der Waals surface area (Å²) in [5, 5.41) is 9.29. The highest BCUT2D eigenvalue weighted by molar-refractivity contribution is 5.88. The molecule has 1 saturated heterocycles. The van der Waals surface area contributed by atoms with Gasteiger partial charge in [-0.05, 0) is 40.5 Å². The molecule has 1 rings (SSSR count). The summed E-state index contributed by atoms with van der Waals surface area (Å²) in [5.41, 5.74) is -1.33. The van der Waals surface area contributed by atoms with Gasteiger partial charge in [-0.25, -0.2) is 14.4 Å². The number of likely N-dealkylation sites (tertiary alicyclic amines) is 1. The maximum absolute atomic E-state index is 12.6. The third kappa shape index (κ3) is 3.46. The molecule has 120 valence electrons. The Bertz CT molecular complexity index is 422. The second-order valence-corrected chi connectivity index (χ2v) is 5.49. The SMILES string of the molecule is CCOC(=O)C1CCCN1C(=O)N(CC)C(C)(C)C(=O)O. The van der Waals surface area contributed by atoms with Crippen molar-refractivity contribution in [3.63, 3.8) is 0 Å². The van der Waals surface area contributed by atoms with E-state index in [1.807, 2.05) is 0 Å². The van der Waals surface area contributed by atoms with Gasteiger partial charge in [0, 0.05) is 13.1 Å². The van der Waals surface area contributed by atoms with Crippen LogP contribution < -0.4 is 0 Å². The Hall–Kier alpha value is -1.79. The fraction of sp³-hybridized carbons (Fsp3) is 0.786. The van der Waals surface area contributed by atoms with Crippen molar-refractivity contribution in [3.8, 4) is 0 Å². The van der Waals surface area contributed by atoms with Crippen LogP contribution in [0.15, 0.2) is 0 Å². The summed E-state index contributed by atoms with van der Waals surface area (Å²) in [6.07, 6.45) is 1.26. The quantitative estimate of drug-likeness (QED) is 0.774. The molecule has 1 aliphatic rings. The van der Waals surface area contributed by atoms with Gasteiger partial charge in [-0.3, -0.25) is 0 Å². The Morgan fingerprint density at radius 1 is 1.33 bits per heavy atom. The number of carbonyl (C=O) groups excluding carboxylic acids is 2. The lowest BCUT2D eigenvalue weighted by molar-refractivity contribution is -0.148. The number of likely N-dealkylation sites (N-methyl/N-ethyl adjacent to an activating group) is 1. The van der Waals surface area contributed by atoms with Crippen molar-refractivity contribution in [3.05, 3.63) is 0 Å². The van der Waals surface area contributed by atoms with Crippen molar-refractivity contribution in [1.29, 1.82) is 0 Å². The van der Waals surface area contributed by atoms with Gasteiger partial charge >= 0.3 is 18.0 Å². The minimum absolute atomic E-state index is 0.254. The molecular formula is C14H24N2O5. The van der Waals surface area contributed by atoms with Crippen LogP contribution in [0.5, 0.6) is 0 Å². The van der Waals surface area contributed by atoms with Gasteiger partial charge in [-0.2, -0.15) is 0 Å². The molecule has 1 aliphatic heterocycles. The monoisotopic (exact) mass is 300 g/mol. The number of carboxylic acids is 1. The van der Waals surface area contributed by atoms with Gasteiger partial charge in [0.2, 0.25) is 0 Å². The van der Waals surface area contributed by atoms with Gasteiger partial charge in [0.1, 0.15) is 11.6 Å². The Labute approximate surface area is 124 Å². The van der Waals surface area contributed by atoms with Crippen LogP contribution in [0.2, 0.25) is 0 Å². The van der Waals surface area contributed by atoms with E-state index in [9.17, 15) is 19.5 Å². The van der Waals surface area contributed by atoms with E-state index >= 15 is 0 Å². The van der Waals surface area contributed by atoms with Crippen molar-refractivity contribution in [2.24, 2.45) is 0 Å². The number of esters is 1. The molecule has 0 bridgehead atoms. The summed E-state index contributed by atoms with van der Waals surface area (Å²) >= 11 is 0. The molecule has 0 aromatic rings. The summed E-state index contributed by atoms with van der Waals surface area (Å²) in [7, 11) is 0. The number of hydrogen-bond acceptors (Lipinski definition) is 4. The van der Waals surface area contributed by atoms with Gasteiger partial charge in [0.05, 0.1) is 6.61 Å². The lowest BCUT2D eigenvalue weighted by Crippen LogP contribution is -2.58. The van der Waals surface area contributed by atoms with E-state index in [-0.39, 0.29) is 13.2 Å². The number of ether oxygens (including phenoxy) is 1. The number of nitrogens with zero attached hydrogens (tertiary/aromatic N) is 2. The van der Waals surface area contributed by atoms with Crippen LogP contribution >= 0.6 is 0 Å². The molecule has 0 saturated carbocycles. The molecule has 0 aromatic heterocycles.